The van der Waals surface area contributed by atoms with Crippen LogP contribution in [0.3, 0.4) is 0 Å². The third-order valence-electron chi connectivity index (χ3n) is 0.980. The summed E-state index contributed by atoms with van der Waals surface area (Å²) in [5.41, 5.74) is 0. The van der Waals surface area contributed by atoms with Gasteiger partial charge in [0.2, 0.25) is 11.9 Å². The smallest absolute Gasteiger partial charge is 0.232 e. The second kappa shape index (κ2) is 3.05. The van der Waals surface area contributed by atoms with Gasteiger partial charge >= 0.3 is 0 Å². The summed E-state index contributed by atoms with van der Waals surface area (Å²) in [7, 11) is 0. The molecule has 58 valence electrons. The van der Waals surface area contributed by atoms with Crippen molar-refractivity contribution in [3.63, 3.8) is 0 Å². The van der Waals surface area contributed by atoms with E-state index in [0.29, 0.717) is 11.8 Å². The second-order valence-electron chi connectivity index (χ2n) is 2.04. The molecule has 0 radical (unpaired) electrons. The summed E-state index contributed by atoms with van der Waals surface area (Å²) in [5, 5.41) is 2.44. The highest BCUT2D eigenvalue weighted by Gasteiger charge is 1.97. The molecular formula is C6H8N4O. The van der Waals surface area contributed by atoms with Gasteiger partial charge in [0, 0.05) is 6.92 Å². The molecule has 1 aromatic heterocycles. The van der Waals surface area contributed by atoms with Crippen LogP contribution < -0.4 is 5.32 Å². The topological polar surface area (TPSA) is 67.8 Å². The van der Waals surface area contributed by atoms with Crippen LogP contribution in [-0.2, 0) is 4.79 Å². The van der Waals surface area contributed by atoms with Gasteiger partial charge in [0.1, 0.15) is 12.2 Å². The van der Waals surface area contributed by atoms with Gasteiger partial charge in [-0.05, 0) is 6.92 Å². The van der Waals surface area contributed by atoms with E-state index in [0.717, 1.165) is 0 Å². The summed E-state index contributed by atoms with van der Waals surface area (Å²) in [6.07, 6.45) is 1.35. The van der Waals surface area contributed by atoms with E-state index in [4.69, 9.17) is 0 Å². The van der Waals surface area contributed by atoms with Gasteiger partial charge in [0.05, 0.1) is 0 Å². The van der Waals surface area contributed by atoms with Gasteiger partial charge in [0.25, 0.3) is 0 Å². The first-order chi connectivity index (χ1) is 5.18. The number of aryl methyl sites for hydroxylation is 1. The van der Waals surface area contributed by atoms with Crippen LogP contribution in [0.4, 0.5) is 5.95 Å². The van der Waals surface area contributed by atoms with E-state index in [1.165, 1.54) is 13.3 Å². The zero-order valence-electron chi connectivity index (χ0n) is 6.33. The molecule has 0 saturated heterocycles. The zero-order chi connectivity index (χ0) is 8.27. The summed E-state index contributed by atoms with van der Waals surface area (Å²) in [6.45, 7) is 3.13. The lowest BCUT2D eigenvalue weighted by atomic mass is 10.6. The number of nitrogens with zero attached hydrogens (tertiary/aromatic N) is 3. The Labute approximate surface area is 63.9 Å². The minimum absolute atomic E-state index is 0.185. The summed E-state index contributed by atoms with van der Waals surface area (Å²) >= 11 is 0. The molecule has 1 N–H and O–H groups in total. The van der Waals surface area contributed by atoms with Crippen LogP contribution in [0.1, 0.15) is 12.7 Å². The Morgan fingerprint density at radius 1 is 1.55 bits per heavy atom. The van der Waals surface area contributed by atoms with Crippen molar-refractivity contribution < 1.29 is 4.79 Å². The van der Waals surface area contributed by atoms with Crippen molar-refractivity contribution in [3.8, 4) is 0 Å². The number of nitrogens with one attached hydrogen (secondary N) is 1. The maximum Gasteiger partial charge on any atom is 0.232 e. The van der Waals surface area contributed by atoms with Crippen molar-refractivity contribution in [1.82, 2.24) is 15.0 Å². The molecule has 5 nitrogen and oxygen atoms in total. The monoisotopic (exact) mass is 152 g/mol. The molecule has 0 unspecified atom stereocenters. The minimum atomic E-state index is -0.185. The Balaban J connectivity index is 2.79. The Kier molecular flexibility index (Phi) is 2.10. The summed E-state index contributed by atoms with van der Waals surface area (Å²) in [4.78, 5) is 21.9. The van der Waals surface area contributed by atoms with E-state index in [1.54, 1.807) is 6.92 Å². The van der Waals surface area contributed by atoms with Crippen LogP contribution in [0.5, 0.6) is 0 Å². The third kappa shape index (κ3) is 2.29. The Morgan fingerprint density at radius 2 is 2.27 bits per heavy atom. The summed E-state index contributed by atoms with van der Waals surface area (Å²) in [5.74, 6) is 0.698. The highest BCUT2D eigenvalue weighted by atomic mass is 16.1. The average molecular weight is 152 g/mol. The van der Waals surface area contributed by atoms with Crippen LogP contribution in [0.15, 0.2) is 6.33 Å². The Hall–Kier alpha value is -1.52. The molecule has 11 heavy (non-hydrogen) atoms. The van der Waals surface area contributed by atoms with E-state index in [-0.39, 0.29) is 5.91 Å². The lowest BCUT2D eigenvalue weighted by Crippen LogP contribution is -2.09. The number of amides is 1. The van der Waals surface area contributed by atoms with Crippen LogP contribution >= 0.6 is 0 Å². The highest BCUT2D eigenvalue weighted by molar-refractivity contribution is 5.86. The van der Waals surface area contributed by atoms with Gasteiger partial charge in [-0.15, -0.1) is 0 Å². The van der Waals surface area contributed by atoms with Crippen molar-refractivity contribution in [3.05, 3.63) is 12.2 Å². The Morgan fingerprint density at radius 3 is 2.82 bits per heavy atom. The van der Waals surface area contributed by atoms with Gasteiger partial charge in [-0.25, -0.2) is 9.97 Å². The molecule has 1 rings (SSSR count). The number of anilines is 1. The van der Waals surface area contributed by atoms with Crippen LogP contribution in [0.25, 0.3) is 0 Å². The van der Waals surface area contributed by atoms with Crippen molar-refractivity contribution in [1.29, 1.82) is 0 Å². The third-order valence-corrected chi connectivity index (χ3v) is 0.980. The highest BCUT2D eigenvalue weighted by Crippen LogP contribution is 1.94. The number of aromatic nitrogens is 3. The number of carbonyl (C=O) groups is 1. The van der Waals surface area contributed by atoms with Crippen molar-refractivity contribution >= 4 is 11.9 Å². The first-order valence-corrected chi connectivity index (χ1v) is 3.11. The fraction of sp³-hybridized carbons (Fsp3) is 0.333. The van der Waals surface area contributed by atoms with Gasteiger partial charge in [0.15, 0.2) is 0 Å². The van der Waals surface area contributed by atoms with Gasteiger partial charge < -0.3 is 0 Å². The fourth-order valence-corrected chi connectivity index (χ4v) is 0.596. The fourth-order valence-electron chi connectivity index (χ4n) is 0.596. The summed E-state index contributed by atoms with van der Waals surface area (Å²) < 4.78 is 0. The maximum absolute atomic E-state index is 10.5. The Bertz CT molecular complexity index is 273. The normalized spacial score (nSPS) is 9.27. The van der Waals surface area contributed by atoms with E-state index in [1.807, 2.05) is 0 Å². The minimum Gasteiger partial charge on any atom is -0.295 e. The van der Waals surface area contributed by atoms with Gasteiger partial charge in [-0.2, -0.15) is 4.98 Å². The lowest BCUT2D eigenvalue weighted by Gasteiger charge is -1.97. The summed E-state index contributed by atoms with van der Waals surface area (Å²) in [6, 6.07) is 0. The SMILES string of the molecule is CC(=O)Nc1ncnc(C)n1. The van der Waals surface area contributed by atoms with Crippen LogP contribution in [-0.4, -0.2) is 20.9 Å². The molecule has 0 aliphatic heterocycles. The molecular weight excluding hydrogens is 144 g/mol. The van der Waals surface area contributed by atoms with Crippen molar-refractivity contribution in [2.24, 2.45) is 0 Å². The second-order valence-corrected chi connectivity index (χ2v) is 2.04. The average Bonchev–Trinajstić information content (AvgIpc) is 1.85. The quantitative estimate of drug-likeness (QED) is 0.621. The number of hydrogen-bond acceptors (Lipinski definition) is 4. The van der Waals surface area contributed by atoms with Crippen LogP contribution in [0, 0.1) is 6.92 Å². The number of hydrogen-bond donors (Lipinski definition) is 1. The first-order valence-electron chi connectivity index (χ1n) is 3.11. The molecule has 1 amide bonds. The predicted octanol–water partition coefficient (Wildman–Crippen LogP) is 0.138. The molecule has 0 aliphatic rings. The van der Waals surface area contributed by atoms with Gasteiger partial charge in [-0.3, -0.25) is 10.1 Å². The molecule has 0 aromatic carbocycles. The largest absolute Gasteiger partial charge is 0.295 e. The van der Waals surface area contributed by atoms with E-state index in [2.05, 4.69) is 20.3 Å². The molecule has 0 spiro atoms. The van der Waals surface area contributed by atoms with Crippen molar-refractivity contribution in [2.75, 3.05) is 5.32 Å². The van der Waals surface area contributed by atoms with E-state index >= 15 is 0 Å². The van der Waals surface area contributed by atoms with Gasteiger partial charge in [-0.1, -0.05) is 0 Å². The lowest BCUT2D eigenvalue weighted by molar-refractivity contribution is -0.114. The molecule has 1 heterocycles. The number of rotatable bonds is 1. The van der Waals surface area contributed by atoms with Crippen LogP contribution in [0.2, 0.25) is 0 Å². The van der Waals surface area contributed by atoms with Crippen molar-refractivity contribution in [2.45, 2.75) is 13.8 Å². The molecule has 5 heteroatoms. The van der Waals surface area contributed by atoms with E-state index in [9.17, 15) is 4.79 Å². The predicted molar refractivity (Wildman–Crippen MR) is 38.9 cm³/mol. The molecule has 1 aromatic rings. The number of carbonyl (C=O) groups excluding carboxylic acids is 1. The standard InChI is InChI=1S/C6H8N4O/c1-4-7-3-8-6(9-4)10-5(2)11/h3H,1-2H3,(H,7,8,9,10,11). The molecule has 0 saturated carbocycles. The molecule has 0 fully saturated rings. The molecule has 0 atom stereocenters. The molecule has 0 bridgehead atoms. The van der Waals surface area contributed by atoms with E-state index < -0.39 is 0 Å². The zero-order valence-corrected chi connectivity index (χ0v) is 6.33. The first kappa shape index (κ1) is 7.59. The molecule has 0 aliphatic carbocycles. The maximum atomic E-state index is 10.5.